The van der Waals surface area contributed by atoms with Gasteiger partial charge in [0.1, 0.15) is 0 Å². The van der Waals surface area contributed by atoms with Crippen molar-refractivity contribution >= 4 is 15.7 Å². The summed E-state index contributed by atoms with van der Waals surface area (Å²) >= 11 is 0. The molecule has 1 atom stereocenters. The van der Waals surface area contributed by atoms with Crippen molar-refractivity contribution in [2.75, 3.05) is 33.0 Å². The van der Waals surface area contributed by atoms with Crippen molar-refractivity contribution in [3.8, 4) is 0 Å². The lowest BCUT2D eigenvalue weighted by Crippen LogP contribution is -2.57. The van der Waals surface area contributed by atoms with Gasteiger partial charge in [-0.2, -0.15) is 0 Å². The van der Waals surface area contributed by atoms with E-state index in [4.69, 9.17) is 4.74 Å². The molecular formula is C15H22N2O4S. The zero-order valence-corrected chi connectivity index (χ0v) is 13.9. The third kappa shape index (κ3) is 3.85. The van der Waals surface area contributed by atoms with E-state index in [0.29, 0.717) is 24.6 Å². The van der Waals surface area contributed by atoms with Crippen LogP contribution >= 0.6 is 0 Å². The standard InChI is InChI=1S/C15H22N2O4S/c1-15(14(18)16-2)11-17(8-9-21-15)10-12-4-6-13(7-5-12)22(3,19)20/h4-7H,8-11H2,1-3H3,(H,16,18)/t15-/m0/s1. The molecule has 1 saturated heterocycles. The number of benzene rings is 1. The van der Waals surface area contributed by atoms with Crippen LogP contribution in [0.4, 0.5) is 0 Å². The van der Waals surface area contributed by atoms with Crippen LogP contribution in [-0.4, -0.2) is 57.8 Å². The Bertz CT molecular complexity index is 642. The SMILES string of the molecule is CNC(=O)[C@]1(C)CN(Cc2ccc(S(C)(=O)=O)cc2)CCO1. The fraction of sp³-hybridized carbons (Fsp3) is 0.533. The Morgan fingerprint density at radius 2 is 2.00 bits per heavy atom. The first-order valence-electron chi connectivity index (χ1n) is 7.12. The largest absolute Gasteiger partial charge is 0.363 e. The Hall–Kier alpha value is -1.44. The normalized spacial score (nSPS) is 23.2. The number of likely N-dealkylation sites (N-methyl/N-ethyl adjacent to an activating group) is 1. The molecule has 0 unspecified atom stereocenters. The van der Waals surface area contributed by atoms with Crippen LogP contribution in [0.1, 0.15) is 12.5 Å². The summed E-state index contributed by atoms with van der Waals surface area (Å²) < 4.78 is 28.5. The van der Waals surface area contributed by atoms with Gasteiger partial charge in [0, 0.05) is 32.9 Å². The van der Waals surface area contributed by atoms with E-state index in [1.54, 1.807) is 26.1 Å². The average Bonchev–Trinajstić information content (AvgIpc) is 2.46. The highest BCUT2D eigenvalue weighted by atomic mass is 32.2. The van der Waals surface area contributed by atoms with Crippen LogP contribution in [0.25, 0.3) is 0 Å². The zero-order valence-electron chi connectivity index (χ0n) is 13.1. The number of carbonyl (C=O) groups is 1. The molecule has 1 amide bonds. The van der Waals surface area contributed by atoms with Crippen LogP contribution in [0.15, 0.2) is 29.2 Å². The van der Waals surface area contributed by atoms with Gasteiger partial charge in [0.25, 0.3) is 5.91 Å². The molecule has 122 valence electrons. The molecule has 1 aromatic carbocycles. The van der Waals surface area contributed by atoms with Crippen LogP contribution in [0.5, 0.6) is 0 Å². The van der Waals surface area contributed by atoms with E-state index in [1.165, 1.54) is 6.26 Å². The van der Waals surface area contributed by atoms with Gasteiger partial charge < -0.3 is 10.1 Å². The maximum Gasteiger partial charge on any atom is 0.253 e. The average molecular weight is 326 g/mol. The van der Waals surface area contributed by atoms with Crippen molar-refractivity contribution in [3.05, 3.63) is 29.8 Å². The minimum absolute atomic E-state index is 0.135. The van der Waals surface area contributed by atoms with Crippen molar-refractivity contribution in [1.29, 1.82) is 0 Å². The highest BCUT2D eigenvalue weighted by Crippen LogP contribution is 2.20. The summed E-state index contributed by atoms with van der Waals surface area (Å²) in [6.07, 6.45) is 1.19. The Kier molecular flexibility index (Phi) is 4.89. The minimum Gasteiger partial charge on any atom is -0.363 e. The molecule has 1 heterocycles. The van der Waals surface area contributed by atoms with Crippen molar-refractivity contribution in [2.45, 2.75) is 24.0 Å². The molecule has 1 aliphatic heterocycles. The van der Waals surface area contributed by atoms with E-state index in [2.05, 4.69) is 10.2 Å². The van der Waals surface area contributed by atoms with E-state index in [-0.39, 0.29) is 5.91 Å². The maximum atomic E-state index is 11.9. The van der Waals surface area contributed by atoms with Crippen LogP contribution in [-0.2, 0) is 25.9 Å². The second-order valence-corrected chi connectivity index (χ2v) is 7.80. The van der Waals surface area contributed by atoms with Crippen molar-refractivity contribution < 1.29 is 17.9 Å². The summed E-state index contributed by atoms with van der Waals surface area (Å²) in [5, 5.41) is 2.63. The van der Waals surface area contributed by atoms with Crippen molar-refractivity contribution in [2.24, 2.45) is 0 Å². The Labute approximate surface area is 131 Å². The lowest BCUT2D eigenvalue weighted by Gasteiger charge is -2.39. The number of morpholine rings is 1. The highest BCUT2D eigenvalue weighted by molar-refractivity contribution is 7.90. The lowest BCUT2D eigenvalue weighted by molar-refractivity contribution is -0.156. The van der Waals surface area contributed by atoms with Crippen molar-refractivity contribution in [1.82, 2.24) is 10.2 Å². The molecular weight excluding hydrogens is 304 g/mol. The van der Waals surface area contributed by atoms with Gasteiger partial charge in [0.05, 0.1) is 11.5 Å². The van der Waals surface area contributed by atoms with Crippen LogP contribution < -0.4 is 5.32 Å². The number of sulfone groups is 1. The molecule has 0 aromatic heterocycles. The molecule has 1 fully saturated rings. The predicted octanol–water partition coefficient (Wildman–Crippen LogP) is 0.427. The fourth-order valence-corrected chi connectivity index (χ4v) is 3.22. The van der Waals surface area contributed by atoms with Crippen LogP contribution in [0, 0.1) is 0 Å². The molecule has 0 bridgehead atoms. The molecule has 1 N–H and O–H groups in total. The van der Waals surface area contributed by atoms with E-state index >= 15 is 0 Å². The molecule has 0 spiro atoms. The summed E-state index contributed by atoms with van der Waals surface area (Å²) in [7, 11) is -1.58. The lowest BCUT2D eigenvalue weighted by atomic mass is 10.0. The Morgan fingerprint density at radius 3 is 2.55 bits per heavy atom. The van der Waals surface area contributed by atoms with E-state index in [1.807, 2.05) is 12.1 Å². The van der Waals surface area contributed by atoms with Gasteiger partial charge in [-0.3, -0.25) is 9.69 Å². The summed E-state index contributed by atoms with van der Waals surface area (Å²) in [6.45, 7) is 4.16. The molecule has 6 nitrogen and oxygen atoms in total. The number of amides is 1. The minimum atomic E-state index is -3.17. The molecule has 0 aliphatic carbocycles. The second kappa shape index (κ2) is 6.36. The summed E-state index contributed by atoms with van der Waals surface area (Å²) in [4.78, 5) is 14.4. The first-order chi connectivity index (χ1) is 10.2. The number of ether oxygens (including phenoxy) is 1. The number of nitrogens with one attached hydrogen (secondary N) is 1. The first kappa shape index (κ1) is 16.9. The number of hydrogen-bond donors (Lipinski definition) is 1. The Morgan fingerprint density at radius 1 is 1.36 bits per heavy atom. The fourth-order valence-electron chi connectivity index (χ4n) is 2.59. The van der Waals surface area contributed by atoms with Crippen LogP contribution in [0.3, 0.4) is 0 Å². The smallest absolute Gasteiger partial charge is 0.253 e. The summed E-state index contributed by atoms with van der Waals surface area (Å²) in [5.41, 5.74) is 0.160. The third-order valence-corrected chi connectivity index (χ3v) is 4.95. The monoisotopic (exact) mass is 326 g/mol. The topological polar surface area (TPSA) is 75.7 Å². The third-order valence-electron chi connectivity index (χ3n) is 3.82. The van der Waals surface area contributed by atoms with Gasteiger partial charge in [-0.1, -0.05) is 12.1 Å². The van der Waals surface area contributed by atoms with Gasteiger partial charge in [0.15, 0.2) is 15.4 Å². The molecule has 2 rings (SSSR count). The maximum absolute atomic E-state index is 11.9. The zero-order chi connectivity index (χ0) is 16.4. The van der Waals surface area contributed by atoms with Gasteiger partial charge in [0.2, 0.25) is 0 Å². The second-order valence-electron chi connectivity index (χ2n) is 5.79. The molecule has 1 aliphatic rings. The number of rotatable bonds is 4. The Balaban J connectivity index is 2.06. The highest BCUT2D eigenvalue weighted by Gasteiger charge is 2.38. The number of carbonyl (C=O) groups excluding carboxylic acids is 1. The predicted molar refractivity (Wildman–Crippen MR) is 83.3 cm³/mol. The van der Waals surface area contributed by atoms with E-state index in [9.17, 15) is 13.2 Å². The molecule has 1 aromatic rings. The van der Waals surface area contributed by atoms with E-state index in [0.717, 1.165) is 12.1 Å². The van der Waals surface area contributed by atoms with Gasteiger partial charge in [-0.05, 0) is 24.6 Å². The van der Waals surface area contributed by atoms with Gasteiger partial charge in [-0.25, -0.2) is 8.42 Å². The summed E-state index contributed by atoms with van der Waals surface area (Å²) in [5.74, 6) is -0.135. The van der Waals surface area contributed by atoms with E-state index < -0.39 is 15.4 Å². The van der Waals surface area contributed by atoms with Gasteiger partial charge in [-0.15, -0.1) is 0 Å². The number of hydrogen-bond acceptors (Lipinski definition) is 5. The quantitative estimate of drug-likeness (QED) is 0.868. The first-order valence-corrected chi connectivity index (χ1v) is 9.01. The summed E-state index contributed by atoms with van der Waals surface area (Å²) in [6, 6.07) is 6.85. The van der Waals surface area contributed by atoms with Crippen LogP contribution in [0.2, 0.25) is 0 Å². The van der Waals surface area contributed by atoms with Crippen molar-refractivity contribution in [3.63, 3.8) is 0 Å². The molecule has 22 heavy (non-hydrogen) atoms. The van der Waals surface area contributed by atoms with Gasteiger partial charge >= 0.3 is 0 Å². The molecule has 7 heteroatoms. The molecule has 0 saturated carbocycles. The molecule has 0 radical (unpaired) electrons. The number of nitrogens with zero attached hydrogens (tertiary/aromatic N) is 1.